The van der Waals surface area contributed by atoms with Gasteiger partial charge in [-0.2, -0.15) is 0 Å². The topological polar surface area (TPSA) is 189 Å². The fourth-order valence-electron chi connectivity index (χ4n) is 9.83. The van der Waals surface area contributed by atoms with Crippen LogP contribution in [-0.4, -0.2) is 138 Å². The van der Waals surface area contributed by atoms with E-state index in [-0.39, 0.29) is 39.0 Å². The number of hydrogen-bond donors (Lipinski definition) is 4. The van der Waals surface area contributed by atoms with Crippen LogP contribution in [0.5, 0.6) is 11.5 Å². The Morgan fingerprint density at radius 2 is 1.21 bits per heavy atom. The summed E-state index contributed by atoms with van der Waals surface area (Å²) in [5.74, 6) is 1.83. The molecule has 0 spiro atoms. The van der Waals surface area contributed by atoms with Gasteiger partial charge in [-0.15, -0.1) is 11.6 Å². The van der Waals surface area contributed by atoms with Gasteiger partial charge in [-0.05, 0) is 107 Å². The van der Waals surface area contributed by atoms with Gasteiger partial charge in [0.15, 0.2) is 0 Å². The summed E-state index contributed by atoms with van der Waals surface area (Å²) in [5.41, 5.74) is 19.1. The lowest BCUT2D eigenvalue weighted by molar-refractivity contribution is -0.112. The Kier molecular flexibility index (Phi) is 19.5. The first-order valence-electron chi connectivity index (χ1n) is 29.2. The largest absolute Gasteiger partial charge is 0.494 e. The summed E-state index contributed by atoms with van der Waals surface area (Å²) in [5, 5.41) is 11.4. The second kappa shape index (κ2) is 29.2. The number of amides is 1. The maximum Gasteiger partial charge on any atom is 0.247 e. The molecule has 1 amide bonds. The summed E-state index contributed by atoms with van der Waals surface area (Å²) < 4.78 is 61.4. The fraction of sp³-hybridized carbons (Fsp3) is 0.355. The Labute approximate surface area is 501 Å². The molecule has 4 aromatic heterocycles. The zero-order valence-corrected chi connectivity index (χ0v) is 47.5. The zero-order valence-electron chi connectivity index (χ0n) is 51.9. The van der Waals surface area contributed by atoms with E-state index in [1.807, 2.05) is 42.1 Å². The molecule has 0 saturated heterocycles. The Hall–Kier alpha value is -7.90. The van der Waals surface area contributed by atoms with Crippen molar-refractivity contribution in [3.05, 3.63) is 121 Å². The molecule has 0 radical (unpaired) electrons. The minimum atomic E-state index is -2.20. The number of likely N-dealkylation sites (N-methyl/N-ethyl adjacent to an activating group) is 4. The van der Waals surface area contributed by atoms with Gasteiger partial charge in [0.2, 0.25) is 23.0 Å². The van der Waals surface area contributed by atoms with E-state index in [0.29, 0.717) is 77.3 Å². The molecule has 20 heteroatoms. The second-order valence-corrected chi connectivity index (χ2v) is 20.2. The summed E-state index contributed by atoms with van der Waals surface area (Å²) in [6, 6.07) is 23.9. The lowest BCUT2D eigenvalue weighted by Gasteiger charge is -2.26. The van der Waals surface area contributed by atoms with Crippen LogP contribution in [0.4, 0.5) is 46.0 Å². The molecule has 18 nitrogen and oxygen atoms in total. The highest BCUT2D eigenvalue weighted by molar-refractivity contribution is 6.63. The average molecular weight is 1160 g/mol. The van der Waals surface area contributed by atoms with Crippen molar-refractivity contribution in [3.8, 4) is 34.0 Å². The molecule has 0 bridgehead atoms. The predicted octanol–water partition coefficient (Wildman–Crippen LogP) is 11.9. The summed E-state index contributed by atoms with van der Waals surface area (Å²) in [6.07, 6.45) is 13.7. The van der Waals surface area contributed by atoms with E-state index >= 15 is 0 Å². The van der Waals surface area contributed by atoms with Crippen LogP contribution in [0.2, 0.25) is 0 Å². The molecule has 0 saturated carbocycles. The van der Waals surface area contributed by atoms with Gasteiger partial charge in [-0.1, -0.05) is 57.8 Å². The third-order valence-electron chi connectivity index (χ3n) is 13.8. The van der Waals surface area contributed by atoms with Crippen LogP contribution in [0.25, 0.3) is 44.3 Å². The highest BCUT2D eigenvalue weighted by Crippen LogP contribution is 2.41. The predicted molar refractivity (Wildman–Crippen MR) is 342 cm³/mol. The molecule has 436 valence electrons. The van der Waals surface area contributed by atoms with Crippen molar-refractivity contribution in [1.29, 1.82) is 0 Å². The first kappa shape index (κ1) is 54.7. The quantitative estimate of drug-likeness (QED) is 0.0244. The number of nitrogens with zero attached hydrogens (tertiary/aromatic N) is 10. The van der Waals surface area contributed by atoms with Crippen molar-refractivity contribution in [3.63, 3.8) is 0 Å². The Morgan fingerprint density at radius 1 is 0.720 bits per heavy atom. The summed E-state index contributed by atoms with van der Waals surface area (Å²) in [6.45, 7) is 2.72. The molecule has 0 atom stereocenters. The number of para-hydroxylation sites is 2. The van der Waals surface area contributed by atoms with Crippen molar-refractivity contribution in [1.82, 2.24) is 38.9 Å². The number of carbonyl (C=O) groups excluding carboxylic acids is 2. The number of halogens is 2. The normalized spacial score (nSPS) is 13.4. The second-order valence-electron chi connectivity index (χ2n) is 19.4. The summed E-state index contributed by atoms with van der Waals surface area (Å²) in [4.78, 5) is 47.0. The van der Waals surface area contributed by atoms with Gasteiger partial charge >= 0.3 is 0 Å². The van der Waals surface area contributed by atoms with Crippen molar-refractivity contribution < 1.29 is 27.3 Å². The summed E-state index contributed by atoms with van der Waals surface area (Å²) in [7, 11) is 9.97. The Bertz CT molecular complexity index is 3730. The molecule has 5 N–H and O–H groups in total. The van der Waals surface area contributed by atoms with Gasteiger partial charge in [0.05, 0.1) is 70.8 Å². The molecule has 4 aromatic carbocycles. The van der Waals surface area contributed by atoms with Gasteiger partial charge in [0, 0.05) is 133 Å². The number of nitrogen functional groups attached to an aromatic ring is 1. The Morgan fingerprint density at radius 3 is 1.66 bits per heavy atom. The summed E-state index contributed by atoms with van der Waals surface area (Å²) >= 11 is 9.95. The van der Waals surface area contributed by atoms with Crippen molar-refractivity contribution >= 4 is 102 Å². The number of rotatable bonds is 20. The first-order valence-corrected chi connectivity index (χ1v) is 27.1. The zero-order chi connectivity index (χ0) is 62.0. The number of nitrogens with one attached hydrogen (secondary N) is 3. The van der Waals surface area contributed by atoms with Crippen molar-refractivity contribution in [2.75, 3.05) is 120 Å². The van der Waals surface area contributed by atoms with Crippen LogP contribution >= 0.6 is 23.2 Å². The minimum absolute atomic E-state index is 0. The maximum atomic E-state index is 12.3. The van der Waals surface area contributed by atoms with E-state index < -0.39 is 14.0 Å². The van der Waals surface area contributed by atoms with E-state index in [2.05, 4.69) is 90.4 Å². The molecule has 8 aromatic rings. The maximum absolute atomic E-state index is 12.3. The van der Waals surface area contributed by atoms with E-state index in [0.717, 1.165) is 67.0 Å². The fourth-order valence-corrected chi connectivity index (χ4v) is 10.2. The van der Waals surface area contributed by atoms with Crippen LogP contribution < -0.4 is 41.0 Å². The van der Waals surface area contributed by atoms with E-state index in [1.165, 1.54) is 48.8 Å². The number of anilines is 8. The number of nitrogens with two attached hydrogens (primary N) is 1. The van der Waals surface area contributed by atoms with Crippen molar-refractivity contribution in [2.45, 2.75) is 60.0 Å². The first-order chi connectivity index (χ1) is 41.0. The number of aryl methyl sites for hydroxylation is 4. The minimum Gasteiger partial charge on any atom is -0.494 e. The van der Waals surface area contributed by atoms with E-state index in [9.17, 15) is 9.59 Å². The number of alkyl halides is 1. The molecule has 0 unspecified atom stereocenters. The highest BCUT2D eigenvalue weighted by atomic mass is 35.5. The van der Waals surface area contributed by atoms with Gasteiger partial charge < -0.3 is 59.9 Å². The molecule has 10 rings (SSSR count). The van der Waals surface area contributed by atoms with Gasteiger partial charge in [-0.25, -0.2) is 19.9 Å². The lowest BCUT2D eigenvalue weighted by Crippen LogP contribution is -2.29. The average Bonchev–Trinajstić information content (AvgIpc) is 2.40. The van der Waals surface area contributed by atoms with Crippen LogP contribution in [0.1, 0.15) is 53.5 Å². The number of ether oxygens (including phenoxy) is 2. The van der Waals surface area contributed by atoms with Gasteiger partial charge in [0.25, 0.3) is 0 Å². The molecule has 2 aliphatic heterocycles. The number of aromatic nitrogens is 6. The molecule has 0 fully saturated rings. The van der Waals surface area contributed by atoms with Gasteiger partial charge in [-0.3, -0.25) is 9.59 Å². The monoisotopic (exact) mass is 1160 g/mol. The van der Waals surface area contributed by atoms with Gasteiger partial charge in [0.1, 0.15) is 11.5 Å². The standard InChI is InChI=1S/C30H35N7O2.C27H33N7O.C3H4Cl2O.2CH4/c1-6-28(38)32-24-17-25(27(39-5)18-26(24)36(4)16-15-35(2)3)34-30-31-13-12-23(33-30)22-19-37-14-8-10-20-9-7-11-21(22)29(20)37;1-32(2)13-14-33(3)24-16-25(35-4)23(15-21(24)28)31-27-29-11-10-22(30-27)20-17-34-12-6-8-18-7-5-9-19(20)26(18)34;4-2-1-3(5)6;;/h6-7,9,11-13,17-19H,1,8,10,14-16H2,2-5H3,(H,32,38)(H,31,33,34);5,7,9-11,15-17H,6,8,12-14,28H2,1-4H3,(H,29,30,31);1-2H2;2*1H4/i2D3;1D3;;;. The SMILES string of the molecule is C.C.O=C(Cl)CCCl.[2H]C([2H])([2H])N(C)CCN(C)c1cc(OC)c(Nc2nccc(-c3cn4c5c(cccc35)CCC4)n2)cc1N.[2H]C([2H])([2H])N(C)CCN(C)c1cc(OC)c(Nc2nccc(-c3cn4c5c(cccc35)CCC4)n2)cc1NC(=O)C=C. The lowest BCUT2D eigenvalue weighted by atomic mass is 10.0. The molecular formula is C62H80Cl2N14O4. The number of carbonyl (C=O) groups is 2. The highest BCUT2D eigenvalue weighted by Gasteiger charge is 2.22. The molecule has 0 aliphatic carbocycles. The number of hydrogen-bond acceptors (Lipinski definition) is 15. The van der Waals surface area contributed by atoms with Crippen LogP contribution in [0.3, 0.4) is 0 Å². The molecule has 82 heavy (non-hydrogen) atoms. The van der Waals surface area contributed by atoms with E-state index in [4.69, 9.17) is 56.6 Å². The molecule has 2 aliphatic rings. The van der Waals surface area contributed by atoms with E-state index in [1.54, 1.807) is 58.9 Å². The van der Waals surface area contributed by atoms with Crippen LogP contribution in [0, 0.1) is 0 Å². The van der Waals surface area contributed by atoms with Crippen LogP contribution in [0.15, 0.2) is 110 Å². The molecular weight excluding hydrogens is 1080 g/mol. The number of methoxy groups -OCH3 is 2. The third kappa shape index (κ3) is 15.2. The third-order valence-corrected chi connectivity index (χ3v) is 14.2. The van der Waals surface area contributed by atoms with Crippen LogP contribution in [-0.2, 0) is 35.5 Å². The number of benzene rings is 4. The van der Waals surface area contributed by atoms with Crippen molar-refractivity contribution in [2.24, 2.45) is 0 Å². The Balaban J connectivity index is 0.000000253. The smallest absolute Gasteiger partial charge is 0.247 e. The molecule has 6 heterocycles.